The average Bonchev–Trinajstić information content (AvgIpc) is 2.73. The third-order valence-electron chi connectivity index (χ3n) is 3.98. The highest BCUT2D eigenvalue weighted by Gasteiger charge is 2.17. The van der Waals surface area contributed by atoms with Crippen molar-refractivity contribution in [1.82, 2.24) is 4.57 Å². The second-order valence-electron chi connectivity index (χ2n) is 5.50. The summed E-state index contributed by atoms with van der Waals surface area (Å²) in [6.45, 7) is 0.409. The molecule has 1 unspecified atom stereocenters. The third kappa shape index (κ3) is 2.61. The summed E-state index contributed by atoms with van der Waals surface area (Å²) in [5, 5.41) is 0. The van der Waals surface area contributed by atoms with Gasteiger partial charge in [0.25, 0.3) is 0 Å². The molecule has 1 heterocycles. The molecule has 0 radical (unpaired) electrons. The van der Waals surface area contributed by atoms with Crippen LogP contribution >= 0.6 is 0 Å². The minimum atomic E-state index is -0.545. The summed E-state index contributed by atoms with van der Waals surface area (Å²) in [6.07, 6.45) is 8.39. The van der Waals surface area contributed by atoms with Crippen LogP contribution < -0.4 is 5.73 Å². The molecule has 0 fully saturated rings. The van der Waals surface area contributed by atoms with Crippen LogP contribution in [-0.2, 0) is 13.0 Å². The molecule has 1 aromatic heterocycles. The predicted octanol–water partition coefficient (Wildman–Crippen LogP) is 3.54. The molecule has 1 aliphatic carbocycles. The average molecular weight is 276 g/mol. The number of benzene rings is 1. The highest BCUT2D eigenvalue weighted by molar-refractivity contribution is 5.30. The summed E-state index contributed by atoms with van der Waals surface area (Å²) in [7, 11) is 0. The molecule has 0 bridgehead atoms. The summed E-state index contributed by atoms with van der Waals surface area (Å²) in [6, 6.07) is 3.79. The first-order valence-electron chi connectivity index (χ1n) is 7.01. The van der Waals surface area contributed by atoms with E-state index >= 15 is 0 Å². The molecule has 1 atom stereocenters. The van der Waals surface area contributed by atoms with Crippen LogP contribution in [0.15, 0.2) is 30.6 Å². The summed E-state index contributed by atoms with van der Waals surface area (Å²) in [5.41, 5.74) is 9.09. The van der Waals surface area contributed by atoms with E-state index in [2.05, 4.69) is 0 Å². The van der Waals surface area contributed by atoms with E-state index in [-0.39, 0.29) is 6.04 Å². The van der Waals surface area contributed by atoms with Gasteiger partial charge in [0, 0.05) is 36.6 Å². The lowest BCUT2D eigenvalue weighted by molar-refractivity contribution is 0.565. The van der Waals surface area contributed by atoms with Gasteiger partial charge < -0.3 is 10.3 Å². The van der Waals surface area contributed by atoms with Gasteiger partial charge in [-0.2, -0.15) is 0 Å². The molecule has 0 aliphatic heterocycles. The normalized spacial score (nSPS) is 18.6. The van der Waals surface area contributed by atoms with Crippen molar-refractivity contribution in [2.24, 2.45) is 5.73 Å². The Morgan fingerprint density at radius 1 is 1.20 bits per heavy atom. The zero-order chi connectivity index (χ0) is 14.1. The van der Waals surface area contributed by atoms with E-state index in [0.717, 1.165) is 31.7 Å². The van der Waals surface area contributed by atoms with Gasteiger partial charge in [-0.1, -0.05) is 12.5 Å². The first-order valence-corrected chi connectivity index (χ1v) is 7.01. The van der Waals surface area contributed by atoms with Gasteiger partial charge in [-0.25, -0.2) is 8.78 Å². The maximum atomic E-state index is 13.7. The van der Waals surface area contributed by atoms with Crippen LogP contribution in [0.2, 0.25) is 0 Å². The van der Waals surface area contributed by atoms with Gasteiger partial charge in [-0.3, -0.25) is 0 Å². The molecular formula is C16H18F2N2. The smallest absolute Gasteiger partial charge is 0.131 e. The Kier molecular flexibility index (Phi) is 3.57. The summed E-state index contributed by atoms with van der Waals surface area (Å²) in [5.74, 6) is -1.05. The molecule has 0 amide bonds. The van der Waals surface area contributed by atoms with E-state index in [1.165, 1.54) is 23.3 Å². The fourth-order valence-electron chi connectivity index (χ4n) is 2.89. The Balaban J connectivity index is 1.87. The third-order valence-corrected chi connectivity index (χ3v) is 3.98. The van der Waals surface area contributed by atoms with Crippen molar-refractivity contribution in [3.05, 3.63) is 58.9 Å². The van der Waals surface area contributed by atoms with Gasteiger partial charge in [0.05, 0.1) is 0 Å². The van der Waals surface area contributed by atoms with Gasteiger partial charge in [-0.05, 0) is 36.5 Å². The Hall–Kier alpha value is -1.68. The molecule has 2 N–H and O–H groups in total. The zero-order valence-electron chi connectivity index (χ0n) is 11.3. The number of aromatic nitrogens is 1. The minimum absolute atomic E-state index is 0.0758. The number of halogens is 2. The van der Waals surface area contributed by atoms with E-state index in [1.54, 1.807) is 0 Å². The molecule has 4 heteroatoms. The van der Waals surface area contributed by atoms with Gasteiger partial charge in [0.2, 0.25) is 0 Å². The number of fused-ring (bicyclic) bond motifs is 1. The van der Waals surface area contributed by atoms with E-state index < -0.39 is 11.6 Å². The maximum absolute atomic E-state index is 13.7. The lowest BCUT2D eigenvalue weighted by Gasteiger charge is -2.08. The molecular weight excluding hydrogens is 258 g/mol. The Morgan fingerprint density at radius 2 is 2.05 bits per heavy atom. The van der Waals surface area contributed by atoms with Gasteiger partial charge >= 0.3 is 0 Å². The Morgan fingerprint density at radius 3 is 2.85 bits per heavy atom. The molecule has 2 aromatic rings. The molecule has 20 heavy (non-hydrogen) atoms. The zero-order valence-corrected chi connectivity index (χ0v) is 11.3. The Bertz CT molecular complexity index is 619. The molecule has 2 nitrogen and oxygen atoms in total. The summed E-state index contributed by atoms with van der Waals surface area (Å²) >= 11 is 0. The van der Waals surface area contributed by atoms with Gasteiger partial charge in [-0.15, -0.1) is 0 Å². The number of rotatable bonds is 2. The van der Waals surface area contributed by atoms with Crippen molar-refractivity contribution < 1.29 is 8.78 Å². The van der Waals surface area contributed by atoms with Crippen LogP contribution in [0.3, 0.4) is 0 Å². The Labute approximate surface area is 117 Å². The number of hydrogen-bond donors (Lipinski definition) is 1. The van der Waals surface area contributed by atoms with Crippen LogP contribution in [0.4, 0.5) is 8.78 Å². The fourth-order valence-corrected chi connectivity index (χ4v) is 2.89. The largest absolute Gasteiger partial charge is 0.349 e. The maximum Gasteiger partial charge on any atom is 0.131 e. The lowest BCUT2D eigenvalue weighted by atomic mass is 10.1. The second-order valence-corrected chi connectivity index (χ2v) is 5.50. The lowest BCUT2D eigenvalue weighted by Crippen LogP contribution is -2.09. The van der Waals surface area contributed by atoms with Gasteiger partial charge in [0.15, 0.2) is 0 Å². The number of nitrogens with zero attached hydrogens (tertiary/aromatic N) is 1. The van der Waals surface area contributed by atoms with Crippen molar-refractivity contribution in [2.45, 2.75) is 38.3 Å². The first kappa shape index (κ1) is 13.3. The fraction of sp³-hybridized carbons (Fsp3) is 0.375. The number of aryl methyl sites for hydroxylation is 1. The number of nitrogens with two attached hydrogens (primary N) is 1. The summed E-state index contributed by atoms with van der Waals surface area (Å²) < 4.78 is 28.5. The molecule has 3 rings (SSSR count). The molecule has 0 saturated carbocycles. The first-order chi connectivity index (χ1) is 9.63. The number of hydrogen-bond acceptors (Lipinski definition) is 1. The van der Waals surface area contributed by atoms with E-state index in [4.69, 9.17) is 5.73 Å². The standard InChI is InChI=1S/C16H18F2N2/c17-13-6-5-12(15(18)7-13)9-20-8-11-3-1-2-4-16(19)14(11)10-20/h5-8,10,16H,1-4,9,19H2. The topological polar surface area (TPSA) is 30.9 Å². The summed E-state index contributed by atoms with van der Waals surface area (Å²) in [4.78, 5) is 0. The quantitative estimate of drug-likeness (QED) is 0.836. The van der Waals surface area contributed by atoms with Gasteiger partial charge in [0.1, 0.15) is 11.6 Å². The molecule has 106 valence electrons. The van der Waals surface area contributed by atoms with Crippen molar-refractivity contribution in [1.29, 1.82) is 0 Å². The monoisotopic (exact) mass is 276 g/mol. The molecule has 0 saturated heterocycles. The second kappa shape index (κ2) is 5.37. The molecule has 1 aromatic carbocycles. The highest BCUT2D eigenvalue weighted by Crippen LogP contribution is 2.28. The van der Waals surface area contributed by atoms with Crippen LogP contribution in [-0.4, -0.2) is 4.57 Å². The van der Waals surface area contributed by atoms with E-state index in [9.17, 15) is 8.78 Å². The predicted molar refractivity (Wildman–Crippen MR) is 74.4 cm³/mol. The van der Waals surface area contributed by atoms with Crippen molar-refractivity contribution in [2.75, 3.05) is 0 Å². The minimum Gasteiger partial charge on any atom is -0.349 e. The van der Waals surface area contributed by atoms with Crippen LogP contribution in [0, 0.1) is 11.6 Å². The van der Waals surface area contributed by atoms with Crippen molar-refractivity contribution >= 4 is 0 Å². The van der Waals surface area contributed by atoms with E-state index in [0.29, 0.717) is 12.1 Å². The van der Waals surface area contributed by atoms with Crippen LogP contribution in [0.25, 0.3) is 0 Å². The van der Waals surface area contributed by atoms with Crippen LogP contribution in [0.5, 0.6) is 0 Å². The highest BCUT2D eigenvalue weighted by atomic mass is 19.1. The SMILES string of the molecule is NC1CCCCc2cn(Cc3ccc(F)cc3F)cc21. The van der Waals surface area contributed by atoms with Crippen LogP contribution in [0.1, 0.15) is 42.0 Å². The molecule has 0 spiro atoms. The molecule has 1 aliphatic rings. The van der Waals surface area contributed by atoms with Crippen molar-refractivity contribution in [3.8, 4) is 0 Å². The van der Waals surface area contributed by atoms with Crippen molar-refractivity contribution in [3.63, 3.8) is 0 Å². The van der Waals surface area contributed by atoms with E-state index in [1.807, 2.05) is 17.0 Å².